The van der Waals surface area contributed by atoms with Gasteiger partial charge in [-0.25, -0.2) is 13.1 Å². The van der Waals surface area contributed by atoms with Crippen molar-refractivity contribution in [1.82, 2.24) is 4.72 Å². The average Bonchev–Trinajstić information content (AvgIpc) is 2.14. The maximum atomic E-state index is 11.2. The third-order valence-electron chi connectivity index (χ3n) is 2.52. The van der Waals surface area contributed by atoms with Crippen LogP contribution in [0.3, 0.4) is 0 Å². The lowest BCUT2D eigenvalue weighted by Crippen LogP contribution is -2.40. The van der Waals surface area contributed by atoms with Crippen molar-refractivity contribution in [3.8, 4) is 0 Å². The van der Waals surface area contributed by atoms with Crippen LogP contribution in [0.15, 0.2) is 24.3 Å². The average molecular weight is 241 g/mol. The number of rotatable bonds is 4. The van der Waals surface area contributed by atoms with Gasteiger partial charge in [0.25, 0.3) is 0 Å². The molecule has 0 fully saturated rings. The Kier molecular flexibility index (Phi) is 3.76. The molecule has 0 aliphatic rings. The minimum atomic E-state index is -3.20. The van der Waals surface area contributed by atoms with Gasteiger partial charge in [0, 0.05) is 0 Å². The van der Waals surface area contributed by atoms with Crippen LogP contribution in [-0.2, 0) is 22.0 Å². The highest BCUT2D eigenvalue weighted by Crippen LogP contribution is 2.21. The predicted molar refractivity (Wildman–Crippen MR) is 66.8 cm³/mol. The molecule has 0 aliphatic carbocycles. The first-order chi connectivity index (χ1) is 7.24. The molecule has 0 amide bonds. The standard InChI is InChI=1S/C12H19NO2S/c1-5-10-6-8-11(9-7-10)12(2,3)13-16(4,14)15/h6-9,13H,5H2,1-4H3. The Labute approximate surface area is 97.9 Å². The molecular formula is C12H19NO2S. The van der Waals surface area contributed by atoms with Crippen LogP contribution in [-0.4, -0.2) is 14.7 Å². The quantitative estimate of drug-likeness (QED) is 0.876. The van der Waals surface area contributed by atoms with Gasteiger partial charge in [-0.1, -0.05) is 31.2 Å². The minimum absolute atomic E-state index is 0.570. The molecule has 0 unspecified atom stereocenters. The third kappa shape index (κ3) is 3.61. The van der Waals surface area contributed by atoms with Crippen molar-refractivity contribution in [2.75, 3.05) is 6.26 Å². The SMILES string of the molecule is CCc1ccc(C(C)(C)NS(C)(=O)=O)cc1. The largest absolute Gasteiger partial charge is 0.213 e. The number of nitrogens with one attached hydrogen (secondary N) is 1. The van der Waals surface area contributed by atoms with Crippen molar-refractivity contribution >= 4 is 10.0 Å². The Bertz CT molecular complexity index is 446. The van der Waals surface area contributed by atoms with Gasteiger partial charge in [-0.15, -0.1) is 0 Å². The summed E-state index contributed by atoms with van der Waals surface area (Å²) in [6.07, 6.45) is 2.16. The molecule has 0 aromatic heterocycles. The van der Waals surface area contributed by atoms with Gasteiger partial charge < -0.3 is 0 Å². The number of hydrogen-bond donors (Lipinski definition) is 1. The van der Waals surface area contributed by atoms with Crippen LogP contribution >= 0.6 is 0 Å². The topological polar surface area (TPSA) is 46.2 Å². The lowest BCUT2D eigenvalue weighted by atomic mass is 9.94. The maximum absolute atomic E-state index is 11.2. The van der Waals surface area contributed by atoms with Gasteiger partial charge in [0.15, 0.2) is 0 Å². The smallest absolute Gasteiger partial charge is 0.209 e. The van der Waals surface area contributed by atoms with Crippen molar-refractivity contribution in [2.24, 2.45) is 0 Å². The molecule has 3 nitrogen and oxygen atoms in total. The maximum Gasteiger partial charge on any atom is 0.209 e. The van der Waals surface area contributed by atoms with Crippen LogP contribution in [0.5, 0.6) is 0 Å². The second kappa shape index (κ2) is 4.55. The molecule has 1 rings (SSSR count). The van der Waals surface area contributed by atoms with Gasteiger partial charge >= 0.3 is 0 Å². The van der Waals surface area contributed by atoms with E-state index in [1.54, 1.807) is 0 Å². The van der Waals surface area contributed by atoms with E-state index in [1.165, 1.54) is 11.8 Å². The molecule has 0 aliphatic heterocycles. The fourth-order valence-corrected chi connectivity index (χ4v) is 2.72. The van der Waals surface area contributed by atoms with Gasteiger partial charge in [-0.3, -0.25) is 0 Å². The van der Waals surface area contributed by atoms with Gasteiger partial charge in [0.2, 0.25) is 10.0 Å². The molecule has 0 heterocycles. The van der Waals surface area contributed by atoms with Crippen LogP contribution in [0.25, 0.3) is 0 Å². The summed E-state index contributed by atoms with van der Waals surface area (Å²) in [6, 6.07) is 8.00. The first-order valence-electron chi connectivity index (χ1n) is 5.33. The summed E-state index contributed by atoms with van der Waals surface area (Å²) in [6.45, 7) is 5.80. The van der Waals surface area contributed by atoms with Crippen molar-refractivity contribution in [1.29, 1.82) is 0 Å². The zero-order valence-corrected chi connectivity index (χ0v) is 11.1. The summed E-state index contributed by atoms with van der Waals surface area (Å²) in [5, 5.41) is 0. The Morgan fingerprint density at radius 3 is 2.06 bits per heavy atom. The lowest BCUT2D eigenvalue weighted by molar-refractivity contribution is 0.475. The van der Waals surface area contributed by atoms with E-state index < -0.39 is 15.6 Å². The Balaban J connectivity index is 2.98. The first kappa shape index (κ1) is 13.2. The Morgan fingerprint density at radius 1 is 1.19 bits per heavy atom. The second-order valence-corrected chi connectivity index (χ2v) is 6.30. The molecule has 0 saturated carbocycles. The number of benzene rings is 1. The van der Waals surface area contributed by atoms with Crippen molar-refractivity contribution in [3.63, 3.8) is 0 Å². The molecule has 90 valence electrons. The van der Waals surface area contributed by atoms with E-state index in [2.05, 4.69) is 11.6 Å². The molecule has 4 heteroatoms. The predicted octanol–water partition coefficient (Wildman–Crippen LogP) is 2.03. The van der Waals surface area contributed by atoms with Crippen LogP contribution in [0.4, 0.5) is 0 Å². The highest BCUT2D eigenvalue weighted by atomic mass is 32.2. The highest BCUT2D eigenvalue weighted by molar-refractivity contribution is 7.88. The summed E-state index contributed by atoms with van der Waals surface area (Å²) >= 11 is 0. The van der Waals surface area contributed by atoms with Crippen LogP contribution in [0.2, 0.25) is 0 Å². The number of aryl methyl sites for hydroxylation is 1. The van der Waals surface area contributed by atoms with E-state index in [0.717, 1.165) is 12.0 Å². The molecular weight excluding hydrogens is 222 g/mol. The normalized spacial score (nSPS) is 12.8. The third-order valence-corrected chi connectivity index (χ3v) is 3.41. The fourth-order valence-electron chi connectivity index (χ4n) is 1.68. The Hall–Kier alpha value is -0.870. The van der Waals surface area contributed by atoms with E-state index >= 15 is 0 Å². The molecule has 0 bridgehead atoms. The van der Waals surface area contributed by atoms with Crippen LogP contribution in [0.1, 0.15) is 31.9 Å². The molecule has 0 saturated heterocycles. The van der Waals surface area contributed by atoms with Gasteiger partial charge in [0.1, 0.15) is 0 Å². The number of sulfonamides is 1. The van der Waals surface area contributed by atoms with Gasteiger partial charge in [0.05, 0.1) is 11.8 Å². The monoisotopic (exact) mass is 241 g/mol. The summed E-state index contributed by atoms with van der Waals surface area (Å²) in [5.74, 6) is 0. The van der Waals surface area contributed by atoms with Gasteiger partial charge in [-0.2, -0.15) is 0 Å². The fraction of sp³-hybridized carbons (Fsp3) is 0.500. The second-order valence-electron chi connectivity index (χ2n) is 4.55. The molecule has 0 spiro atoms. The molecule has 1 N–H and O–H groups in total. The zero-order valence-electron chi connectivity index (χ0n) is 10.2. The molecule has 1 aromatic rings. The highest BCUT2D eigenvalue weighted by Gasteiger charge is 2.23. The van der Waals surface area contributed by atoms with E-state index in [9.17, 15) is 8.42 Å². The summed E-state index contributed by atoms with van der Waals surface area (Å²) in [5.41, 5.74) is 1.65. The molecule has 0 atom stereocenters. The summed E-state index contributed by atoms with van der Waals surface area (Å²) in [4.78, 5) is 0. The van der Waals surface area contributed by atoms with Crippen molar-refractivity contribution in [2.45, 2.75) is 32.7 Å². The first-order valence-corrected chi connectivity index (χ1v) is 7.22. The zero-order chi connectivity index (χ0) is 12.4. The lowest BCUT2D eigenvalue weighted by Gasteiger charge is -2.25. The van der Waals surface area contributed by atoms with Crippen molar-refractivity contribution in [3.05, 3.63) is 35.4 Å². The Morgan fingerprint density at radius 2 is 1.69 bits per heavy atom. The van der Waals surface area contributed by atoms with Gasteiger partial charge in [-0.05, 0) is 31.4 Å². The van der Waals surface area contributed by atoms with Crippen LogP contribution in [0, 0.1) is 0 Å². The summed E-state index contributed by atoms with van der Waals surface area (Å²) in [7, 11) is -3.20. The van der Waals surface area contributed by atoms with Crippen LogP contribution < -0.4 is 4.72 Å². The minimum Gasteiger partial charge on any atom is -0.213 e. The van der Waals surface area contributed by atoms with E-state index in [1.807, 2.05) is 38.1 Å². The number of hydrogen-bond acceptors (Lipinski definition) is 2. The van der Waals surface area contributed by atoms with E-state index in [-0.39, 0.29) is 0 Å². The van der Waals surface area contributed by atoms with Crippen molar-refractivity contribution < 1.29 is 8.42 Å². The molecule has 0 radical (unpaired) electrons. The summed E-state index contributed by atoms with van der Waals surface area (Å²) < 4.78 is 25.1. The molecule has 16 heavy (non-hydrogen) atoms. The molecule has 1 aromatic carbocycles. The van der Waals surface area contributed by atoms with E-state index in [4.69, 9.17) is 0 Å². The van der Waals surface area contributed by atoms with E-state index in [0.29, 0.717) is 0 Å².